The summed E-state index contributed by atoms with van der Waals surface area (Å²) in [6.07, 6.45) is 7.65. The number of hydrogen-bond donors (Lipinski definition) is 0. The number of allylic oxidation sites excluding steroid dienone is 2. The molecule has 2 fully saturated rings. The van der Waals surface area contributed by atoms with Crippen molar-refractivity contribution in [3.63, 3.8) is 0 Å². The molecule has 0 unspecified atom stereocenters. The van der Waals surface area contributed by atoms with Crippen LogP contribution in [0.4, 0.5) is 5.69 Å². The van der Waals surface area contributed by atoms with Crippen LogP contribution in [-0.4, -0.2) is 35.7 Å². The Balaban J connectivity index is 1.26. The van der Waals surface area contributed by atoms with Gasteiger partial charge in [0.1, 0.15) is 0 Å². The molecule has 0 N–H and O–H groups in total. The minimum atomic E-state index is -0.300. The lowest BCUT2D eigenvalue weighted by Crippen LogP contribution is -2.39. The Labute approximate surface area is 195 Å². The zero-order valence-electron chi connectivity index (χ0n) is 19.0. The fraction of sp³-hybridized carbons (Fsp3) is 0.393. The van der Waals surface area contributed by atoms with Gasteiger partial charge in [-0.3, -0.25) is 19.3 Å². The number of anilines is 1. The Morgan fingerprint density at radius 3 is 2.45 bits per heavy atom. The number of rotatable bonds is 4. The third-order valence-corrected chi connectivity index (χ3v) is 7.49. The summed E-state index contributed by atoms with van der Waals surface area (Å²) in [5.41, 5.74) is 2.40. The van der Waals surface area contributed by atoms with Gasteiger partial charge < -0.3 is 4.90 Å². The van der Waals surface area contributed by atoms with E-state index >= 15 is 0 Å². The number of benzene rings is 2. The lowest BCUT2D eigenvalue weighted by molar-refractivity contribution is -0.122. The van der Waals surface area contributed by atoms with Crippen molar-refractivity contribution in [1.29, 1.82) is 0 Å². The second-order valence-corrected chi connectivity index (χ2v) is 9.64. The summed E-state index contributed by atoms with van der Waals surface area (Å²) in [4.78, 5) is 42.6. The number of likely N-dealkylation sites (tertiary alicyclic amines) is 1. The third kappa shape index (κ3) is 4.12. The summed E-state index contributed by atoms with van der Waals surface area (Å²) < 4.78 is 0. The molecule has 5 heteroatoms. The highest BCUT2D eigenvalue weighted by molar-refractivity contribution is 6.22. The van der Waals surface area contributed by atoms with Crippen molar-refractivity contribution in [2.24, 2.45) is 23.7 Å². The minimum Gasteiger partial charge on any atom is -0.339 e. The van der Waals surface area contributed by atoms with Gasteiger partial charge in [0.05, 0.1) is 17.5 Å². The highest BCUT2D eigenvalue weighted by Gasteiger charge is 2.50. The maximum absolute atomic E-state index is 13.2. The van der Waals surface area contributed by atoms with E-state index in [1.807, 2.05) is 30.0 Å². The molecule has 3 amide bonds. The van der Waals surface area contributed by atoms with Gasteiger partial charge in [-0.25, -0.2) is 0 Å². The van der Waals surface area contributed by atoms with Crippen LogP contribution in [0.1, 0.15) is 42.1 Å². The van der Waals surface area contributed by atoms with E-state index in [9.17, 15) is 14.4 Å². The van der Waals surface area contributed by atoms with Crippen LogP contribution in [0.25, 0.3) is 0 Å². The van der Waals surface area contributed by atoms with Gasteiger partial charge in [-0.05, 0) is 61.3 Å². The van der Waals surface area contributed by atoms with E-state index in [4.69, 9.17) is 0 Å². The number of imide groups is 1. The number of piperidine rings is 1. The predicted octanol–water partition coefficient (Wildman–Crippen LogP) is 4.48. The summed E-state index contributed by atoms with van der Waals surface area (Å²) in [5.74, 6) is -0.276. The molecule has 5 rings (SSSR count). The summed E-state index contributed by atoms with van der Waals surface area (Å²) in [6.45, 7) is 3.45. The average molecular weight is 443 g/mol. The Morgan fingerprint density at radius 1 is 0.970 bits per heavy atom. The number of carbonyl (C=O) groups excluding carboxylic acids is 3. The molecule has 0 bridgehead atoms. The first kappa shape index (κ1) is 21.6. The average Bonchev–Trinajstić information content (AvgIpc) is 3.10. The fourth-order valence-corrected chi connectivity index (χ4v) is 5.65. The van der Waals surface area contributed by atoms with Crippen molar-refractivity contribution in [2.75, 3.05) is 18.0 Å². The first-order valence-corrected chi connectivity index (χ1v) is 12.0. The second kappa shape index (κ2) is 8.97. The predicted molar refractivity (Wildman–Crippen MR) is 128 cm³/mol. The number of fused-ring (bicyclic) bond motifs is 1. The van der Waals surface area contributed by atoms with Crippen LogP contribution in [0.5, 0.6) is 0 Å². The summed E-state index contributed by atoms with van der Waals surface area (Å²) >= 11 is 0. The van der Waals surface area contributed by atoms with Crippen LogP contribution in [0.3, 0.4) is 0 Å². The van der Waals surface area contributed by atoms with Crippen molar-refractivity contribution in [3.8, 4) is 0 Å². The molecule has 0 saturated carbocycles. The molecule has 2 aromatic rings. The number of hydrogen-bond acceptors (Lipinski definition) is 3. The molecule has 170 valence electrons. The monoisotopic (exact) mass is 442 g/mol. The highest BCUT2D eigenvalue weighted by atomic mass is 16.2. The van der Waals surface area contributed by atoms with E-state index in [2.05, 4.69) is 24.3 Å². The quantitative estimate of drug-likeness (QED) is 0.518. The Hall–Kier alpha value is -3.21. The fourth-order valence-electron chi connectivity index (χ4n) is 5.65. The topological polar surface area (TPSA) is 57.7 Å². The van der Waals surface area contributed by atoms with Crippen LogP contribution in [0.15, 0.2) is 66.7 Å². The van der Waals surface area contributed by atoms with Gasteiger partial charge in [0.25, 0.3) is 5.91 Å². The number of amides is 3. The third-order valence-electron chi connectivity index (χ3n) is 7.49. The van der Waals surface area contributed by atoms with Crippen LogP contribution in [0, 0.1) is 23.7 Å². The molecule has 2 saturated heterocycles. The largest absolute Gasteiger partial charge is 0.339 e. The molecule has 0 radical (unpaired) electrons. The summed E-state index contributed by atoms with van der Waals surface area (Å²) in [7, 11) is 0. The zero-order chi connectivity index (χ0) is 22.9. The van der Waals surface area contributed by atoms with Gasteiger partial charge in [0, 0.05) is 18.7 Å². The number of carbonyl (C=O) groups is 3. The maximum atomic E-state index is 13.2. The second-order valence-electron chi connectivity index (χ2n) is 9.64. The van der Waals surface area contributed by atoms with Crippen LogP contribution in [0.2, 0.25) is 0 Å². The van der Waals surface area contributed by atoms with Gasteiger partial charge in [-0.15, -0.1) is 0 Å². The minimum absolute atomic E-state index is 0.0263. The molecule has 2 aromatic carbocycles. The Morgan fingerprint density at radius 2 is 1.73 bits per heavy atom. The molecule has 0 spiro atoms. The van der Waals surface area contributed by atoms with Crippen molar-refractivity contribution in [3.05, 3.63) is 77.9 Å². The molecule has 1 aliphatic carbocycles. The van der Waals surface area contributed by atoms with Crippen LogP contribution < -0.4 is 4.90 Å². The molecular weight excluding hydrogens is 412 g/mol. The molecule has 3 atom stereocenters. The number of nitrogens with zero attached hydrogens (tertiary/aromatic N) is 2. The van der Waals surface area contributed by atoms with E-state index in [0.29, 0.717) is 23.6 Å². The summed E-state index contributed by atoms with van der Waals surface area (Å²) in [6, 6.07) is 17.5. The SMILES string of the molecule is C[C@@H]1C=CC[C@@H]2C(=O)N(c3cccc(C(=O)N4CCC(Cc5ccccc5)CC4)c3)C(=O)[C@H]12. The van der Waals surface area contributed by atoms with Crippen LogP contribution >= 0.6 is 0 Å². The van der Waals surface area contributed by atoms with Crippen LogP contribution in [-0.2, 0) is 16.0 Å². The van der Waals surface area contributed by atoms with E-state index in [-0.39, 0.29) is 35.5 Å². The maximum Gasteiger partial charge on any atom is 0.253 e. The van der Waals surface area contributed by atoms with Crippen molar-refractivity contribution in [2.45, 2.75) is 32.6 Å². The van der Waals surface area contributed by atoms with Gasteiger partial charge in [-0.2, -0.15) is 0 Å². The molecule has 2 aliphatic heterocycles. The molecular formula is C28H30N2O3. The van der Waals surface area contributed by atoms with E-state index in [1.165, 1.54) is 10.5 Å². The Kier molecular flexibility index (Phi) is 5.88. The molecule has 0 aromatic heterocycles. The standard InChI is InChI=1S/C28H30N2O3/c1-19-7-5-12-24-25(19)28(33)30(27(24)32)23-11-6-10-22(18-23)26(31)29-15-13-21(14-16-29)17-20-8-3-2-4-9-20/h2-11,18-19,21,24-25H,12-17H2,1H3/t19-,24+,25-/m1/s1. The molecule has 5 nitrogen and oxygen atoms in total. The van der Waals surface area contributed by atoms with Gasteiger partial charge in [-0.1, -0.05) is 55.5 Å². The van der Waals surface area contributed by atoms with Crippen molar-refractivity contribution >= 4 is 23.4 Å². The molecule has 3 aliphatic rings. The van der Waals surface area contributed by atoms with Gasteiger partial charge >= 0.3 is 0 Å². The lowest BCUT2D eigenvalue weighted by Gasteiger charge is -2.32. The van der Waals surface area contributed by atoms with Crippen molar-refractivity contribution < 1.29 is 14.4 Å². The van der Waals surface area contributed by atoms with Gasteiger partial charge in [0.2, 0.25) is 11.8 Å². The highest BCUT2D eigenvalue weighted by Crippen LogP contribution is 2.40. The Bertz CT molecular complexity index is 1090. The van der Waals surface area contributed by atoms with E-state index in [0.717, 1.165) is 32.4 Å². The lowest BCUT2D eigenvalue weighted by atomic mass is 9.78. The summed E-state index contributed by atoms with van der Waals surface area (Å²) in [5, 5.41) is 0. The van der Waals surface area contributed by atoms with Gasteiger partial charge in [0.15, 0.2) is 0 Å². The smallest absolute Gasteiger partial charge is 0.253 e. The van der Waals surface area contributed by atoms with E-state index < -0.39 is 0 Å². The normalized spacial score (nSPS) is 25.4. The zero-order valence-corrected chi connectivity index (χ0v) is 19.0. The van der Waals surface area contributed by atoms with Crippen molar-refractivity contribution in [1.82, 2.24) is 4.90 Å². The first-order chi connectivity index (χ1) is 16.0. The molecule has 33 heavy (non-hydrogen) atoms. The first-order valence-electron chi connectivity index (χ1n) is 12.0. The van der Waals surface area contributed by atoms with E-state index in [1.54, 1.807) is 24.3 Å². The molecule has 2 heterocycles.